The Bertz CT molecular complexity index is 1480. The molecule has 5 nitrogen and oxygen atoms in total. The van der Waals surface area contributed by atoms with Crippen LogP contribution in [0.5, 0.6) is 0 Å². The SMILES string of the molecule is C=C(NC1CCC(Nc2cc(C(F)(F)F)nc3ccc(C)cc23)CC1)c1cc(C)c2nc(CCC)[nH]c2c1. The molecule has 4 aromatic rings. The van der Waals surface area contributed by atoms with Crippen LogP contribution in [0, 0.1) is 13.8 Å². The van der Waals surface area contributed by atoms with Crippen molar-refractivity contribution in [1.82, 2.24) is 20.3 Å². The van der Waals surface area contributed by atoms with Gasteiger partial charge in [-0.15, -0.1) is 0 Å². The highest BCUT2D eigenvalue weighted by molar-refractivity contribution is 5.92. The monoisotopic (exact) mass is 521 g/mol. The predicted molar refractivity (Wildman–Crippen MR) is 148 cm³/mol. The number of aromatic amines is 1. The van der Waals surface area contributed by atoms with E-state index < -0.39 is 11.9 Å². The van der Waals surface area contributed by atoms with E-state index in [1.807, 2.05) is 13.0 Å². The lowest BCUT2D eigenvalue weighted by Gasteiger charge is -2.32. The Balaban J connectivity index is 1.25. The molecule has 1 aliphatic rings. The van der Waals surface area contributed by atoms with Gasteiger partial charge in [-0.05, 0) is 87.4 Å². The first kappa shape index (κ1) is 26.1. The third kappa shape index (κ3) is 5.49. The summed E-state index contributed by atoms with van der Waals surface area (Å²) in [5.74, 6) is 1.01. The van der Waals surface area contributed by atoms with Crippen LogP contribution in [0.15, 0.2) is 43.0 Å². The smallest absolute Gasteiger partial charge is 0.382 e. The molecule has 3 N–H and O–H groups in total. The Hall–Kier alpha value is -3.55. The molecule has 0 saturated heterocycles. The minimum atomic E-state index is -4.49. The Labute approximate surface area is 221 Å². The molecule has 2 aromatic carbocycles. The number of hydrogen-bond acceptors (Lipinski definition) is 4. The maximum absolute atomic E-state index is 13.5. The maximum atomic E-state index is 13.5. The van der Waals surface area contributed by atoms with Crippen molar-refractivity contribution >= 4 is 33.3 Å². The van der Waals surface area contributed by atoms with E-state index in [4.69, 9.17) is 4.98 Å². The molecule has 2 aromatic heterocycles. The Morgan fingerprint density at radius 1 is 1.03 bits per heavy atom. The summed E-state index contributed by atoms with van der Waals surface area (Å²) in [6, 6.07) is 11.1. The van der Waals surface area contributed by atoms with Gasteiger partial charge in [0.25, 0.3) is 0 Å². The Morgan fingerprint density at radius 2 is 1.76 bits per heavy atom. The van der Waals surface area contributed by atoms with Crippen LogP contribution < -0.4 is 10.6 Å². The van der Waals surface area contributed by atoms with Gasteiger partial charge in [-0.25, -0.2) is 9.97 Å². The van der Waals surface area contributed by atoms with Gasteiger partial charge >= 0.3 is 6.18 Å². The van der Waals surface area contributed by atoms with E-state index in [1.165, 1.54) is 0 Å². The average Bonchev–Trinajstić information content (AvgIpc) is 3.28. The molecule has 0 unspecified atom stereocenters. The van der Waals surface area contributed by atoms with Crippen LogP contribution in [0.25, 0.3) is 27.6 Å². The van der Waals surface area contributed by atoms with Gasteiger partial charge in [0.1, 0.15) is 11.5 Å². The quantitative estimate of drug-likeness (QED) is 0.233. The number of imidazole rings is 1. The number of benzene rings is 2. The van der Waals surface area contributed by atoms with Gasteiger partial charge in [-0.1, -0.05) is 25.1 Å². The largest absolute Gasteiger partial charge is 0.433 e. The third-order valence-electron chi connectivity index (χ3n) is 7.38. The highest BCUT2D eigenvalue weighted by atomic mass is 19.4. The summed E-state index contributed by atoms with van der Waals surface area (Å²) in [5.41, 5.74) is 6.03. The van der Waals surface area contributed by atoms with Crippen molar-refractivity contribution in [2.24, 2.45) is 0 Å². The second kappa shape index (κ2) is 10.3. The molecule has 0 spiro atoms. The summed E-state index contributed by atoms with van der Waals surface area (Å²) in [6.07, 6.45) is 0.965. The van der Waals surface area contributed by atoms with Gasteiger partial charge in [-0.2, -0.15) is 13.2 Å². The molecular formula is C30H34F3N5. The normalized spacial score (nSPS) is 18.2. The average molecular weight is 522 g/mol. The summed E-state index contributed by atoms with van der Waals surface area (Å²) >= 11 is 0. The second-order valence-electron chi connectivity index (χ2n) is 10.5. The summed E-state index contributed by atoms with van der Waals surface area (Å²) in [5, 5.41) is 7.72. The first-order valence-corrected chi connectivity index (χ1v) is 13.3. The standard InChI is InChI=1S/C30H34F3N5/c1-5-6-28-37-26-15-20(14-18(3)29(26)38-28)19(4)34-21-8-10-22(11-9-21)35-25-16-27(30(31,32)33)36-24-12-7-17(2)13-23(24)25/h7,12-16,21-22,34H,4-6,8-11H2,1-3H3,(H,35,36)(H,37,38). The number of fused-ring (bicyclic) bond motifs is 2. The van der Waals surface area contributed by atoms with Crippen LogP contribution in [0.1, 0.15) is 67.2 Å². The van der Waals surface area contributed by atoms with E-state index in [2.05, 4.69) is 53.2 Å². The fourth-order valence-electron chi connectivity index (χ4n) is 5.41. The highest BCUT2D eigenvalue weighted by Crippen LogP contribution is 2.35. The molecule has 0 radical (unpaired) electrons. The topological polar surface area (TPSA) is 65.6 Å². The van der Waals surface area contributed by atoms with E-state index in [0.29, 0.717) is 11.2 Å². The fraction of sp³-hybridized carbons (Fsp3) is 0.400. The first-order chi connectivity index (χ1) is 18.1. The van der Waals surface area contributed by atoms with Crippen molar-refractivity contribution in [3.63, 3.8) is 0 Å². The zero-order valence-corrected chi connectivity index (χ0v) is 22.1. The van der Waals surface area contributed by atoms with E-state index >= 15 is 0 Å². The van der Waals surface area contributed by atoms with Crippen molar-refractivity contribution in [2.75, 3.05) is 5.32 Å². The van der Waals surface area contributed by atoms with Crippen LogP contribution in [0.2, 0.25) is 0 Å². The van der Waals surface area contributed by atoms with Crippen molar-refractivity contribution in [3.8, 4) is 0 Å². The maximum Gasteiger partial charge on any atom is 0.433 e. The summed E-state index contributed by atoms with van der Waals surface area (Å²) in [4.78, 5) is 12.0. The number of alkyl halides is 3. The molecule has 8 heteroatoms. The van der Waals surface area contributed by atoms with Crippen molar-refractivity contribution in [1.29, 1.82) is 0 Å². The van der Waals surface area contributed by atoms with Crippen molar-refractivity contribution < 1.29 is 13.2 Å². The molecule has 0 bridgehead atoms. The fourth-order valence-corrected chi connectivity index (χ4v) is 5.41. The van der Waals surface area contributed by atoms with Crippen LogP contribution >= 0.6 is 0 Å². The molecule has 38 heavy (non-hydrogen) atoms. The number of rotatable bonds is 7. The van der Waals surface area contributed by atoms with Gasteiger partial charge in [0.15, 0.2) is 0 Å². The van der Waals surface area contributed by atoms with Crippen LogP contribution in [-0.2, 0) is 12.6 Å². The zero-order chi connectivity index (χ0) is 27.0. The number of nitrogens with one attached hydrogen (secondary N) is 3. The van der Waals surface area contributed by atoms with Crippen LogP contribution in [-0.4, -0.2) is 27.0 Å². The molecule has 0 amide bonds. The number of aromatic nitrogens is 3. The molecule has 1 fully saturated rings. The lowest BCUT2D eigenvalue weighted by atomic mass is 9.90. The van der Waals surface area contributed by atoms with Gasteiger partial charge < -0.3 is 15.6 Å². The van der Waals surface area contributed by atoms with E-state index in [9.17, 15) is 13.2 Å². The number of H-pyrrole nitrogens is 1. The number of halogens is 3. The van der Waals surface area contributed by atoms with Gasteiger partial charge in [0.2, 0.25) is 0 Å². The minimum Gasteiger partial charge on any atom is -0.382 e. The third-order valence-corrected chi connectivity index (χ3v) is 7.38. The molecule has 200 valence electrons. The molecule has 0 atom stereocenters. The lowest BCUT2D eigenvalue weighted by molar-refractivity contribution is -0.140. The molecular weight excluding hydrogens is 487 g/mol. The lowest BCUT2D eigenvalue weighted by Crippen LogP contribution is -2.36. The van der Waals surface area contributed by atoms with Crippen LogP contribution in [0.3, 0.4) is 0 Å². The molecule has 2 heterocycles. The van der Waals surface area contributed by atoms with E-state index in [0.717, 1.165) is 89.2 Å². The summed E-state index contributed by atoms with van der Waals surface area (Å²) < 4.78 is 40.5. The van der Waals surface area contributed by atoms with Gasteiger partial charge in [-0.3, -0.25) is 0 Å². The van der Waals surface area contributed by atoms with E-state index in [1.54, 1.807) is 12.1 Å². The molecule has 0 aliphatic heterocycles. The van der Waals surface area contributed by atoms with Crippen molar-refractivity contribution in [2.45, 2.75) is 77.6 Å². The van der Waals surface area contributed by atoms with Gasteiger partial charge in [0.05, 0.1) is 16.6 Å². The number of anilines is 1. The Morgan fingerprint density at radius 3 is 2.47 bits per heavy atom. The second-order valence-corrected chi connectivity index (χ2v) is 10.5. The van der Waals surface area contributed by atoms with Crippen LogP contribution in [0.4, 0.5) is 18.9 Å². The zero-order valence-electron chi connectivity index (χ0n) is 22.1. The molecule has 1 aliphatic carbocycles. The first-order valence-electron chi connectivity index (χ1n) is 13.3. The number of pyridine rings is 1. The number of aryl methyl sites for hydroxylation is 3. The molecule has 1 saturated carbocycles. The summed E-state index contributed by atoms with van der Waals surface area (Å²) in [6.45, 7) is 10.4. The Kier molecular flexibility index (Phi) is 7.07. The summed E-state index contributed by atoms with van der Waals surface area (Å²) in [7, 11) is 0. The predicted octanol–water partition coefficient (Wildman–Crippen LogP) is 7.68. The molecule has 5 rings (SSSR count). The number of hydrogen-bond donors (Lipinski definition) is 3. The highest BCUT2D eigenvalue weighted by Gasteiger charge is 2.34. The van der Waals surface area contributed by atoms with E-state index in [-0.39, 0.29) is 12.1 Å². The van der Waals surface area contributed by atoms with Gasteiger partial charge in [0, 0.05) is 35.3 Å². The van der Waals surface area contributed by atoms with Crippen molar-refractivity contribution in [3.05, 3.63) is 71.2 Å². The number of nitrogens with zero attached hydrogens (tertiary/aromatic N) is 2. The minimum absolute atomic E-state index is 0.0917.